The Morgan fingerprint density at radius 3 is 2.38 bits per heavy atom. The van der Waals surface area contributed by atoms with Crippen LogP contribution in [0.2, 0.25) is 0 Å². The Morgan fingerprint density at radius 1 is 1.14 bits per heavy atom. The molecule has 0 aliphatic rings. The standard InChI is InChI=1S/C15H24N4O2/c16-9-5-4-8-13(14(18)20)19-15(21)12(17)10-11-6-2-1-3-7-11/h1-3,6-7,12-13H,4-5,8-10,16-17H2,(H2,18,20)(H,19,21)/t12-,13-/m0/s1. The maximum absolute atomic E-state index is 12.0. The quantitative estimate of drug-likeness (QED) is 0.464. The molecule has 0 heterocycles. The first kappa shape index (κ1) is 17.1. The lowest BCUT2D eigenvalue weighted by Crippen LogP contribution is -2.51. The zero-order chi connectivity index (χ0) is 15.7. The Kier molecular flexibility index (Phi) is 7.42. The molecule has 0 aliphatic carbocycles. The zero-order valence-corrected chi connectivity index (χ0v) is 12.1. The maximum atomic E-state index is 12.0. The fraction of sp³-hybridized carbons (Fsp3) is 0.467. The van der Waals surface area contributed by atoms with Crippen LogP contribution >= 0.6 is 0 Å². The summed E-state index contributed by atoms with van der Waals surface area (Å²) >= 11 is 0. The number of unbranched alkanes of at least 4 members (excludes halogenated alkanes) is 1. The fourth-order valence-corrected chi connectivity index (χ4v) is 2.02. The van der Waals surface area contributed by atoms with Crippen molar-refractivity contribution in [1.29, 1.82) is 0 Å². The van der Waals surface area contributed by atoms with Gasteiger partial charge in [-0.05, 0) is 37.8 Å². The van der Waals surface area contributed by atoms with E-state index >= 15 is 0 Å². The van der Waals surface area contributed by atoms with E-state index in [0.717, 1.165) is 18.4 Å². The number of hydrogen-bond donors (Lipinski definition) is 4. The average molecular weight is 292 g/mol. The second-order valence-electron chi connectivity index (χ2n) is 5.04. The van der Waals surface area contributed by atoms with E-state index in [-0.39, 0.29) is 5.91 Å². The molecule has 0 fully saturated rings. The Balaban J connectivity index is 2.50. The van der Waals surface area contributed by atoms with Crippen LogP contribution in [-0.4, -0.2) is 30.4 Å². The third-order valence-corrected chi connectivity index (χ3v) is 3.24. The molecule has 0 radical (unpaired) electrons. The van der Waals surface area contributed by atoms with Crippen LogP contribution in [0.1, 0.15) is 24.8 Å². The van der Waals surface area contributed by atoms with Crippen LogP contribution in [-0.2, 0) is 16.0 Å². The van der Waals surface area contributed by atoms with Crippen LogP contribution in [0, 0.1) is 0 Å². The number of nitrogens with one attached hydrogen (secondary N) is 1. The number of rotatable bonds is 9. The molecule has 1 aromatic rings. The van der Waals surface area contributed by atoms with Crippen molar-refractivity contribution in [2.75, 3.05) is 6.54 Å². The Bertz CT molecular complexity index is 450. The summed E-state index contributed by atoms with van der Waals surface area (Å²) in [6.45, 7) is 0.549. The SMILES string of the molecule is NCCCC[C@H](NC(=O)[C@@H](N)Cc1ccccc1)C(N)=O. The first-order valence-electron chi connectivity index (χ1n) is 7.14. The normalized spacial score (nSPS) is 13.4. The number of carbonyl (C=O) groups is 2. The molecule has 2 amide bonds. The summed E-state index contributed by atoms with van der Waals surface area (Å²) < 4.78 is 0. The molecule has 0 bridgehead atoms. The van der Waals surface area contributed by atoms with Crippen molar-refractivity contribution in [3.63, 3.8) is 0 Å². The first-order valence-corrected chi connectivity index (χ1v) is 7.14. The van der Waals surface area contributed by atoms with Crippen molar-refractivity contribution in [3.8, 4) is 0 Å². The fourth-order valence-electron chi connectivity index (χ4n) is 2.02. The van der Waals surface area contributed by atoms with Gasteiger partial charge < -0.3 is 22.5 Å². The predicted octanol–water partition coefficient (Wildman–Crippen LogP) is -0.344. The lowest BCUT2D eigenvalue weighted by Gasteiger charge is -2.18. The molecule has 21 heavy (non-hydrogen) atoms. The monoisotopic (exact) mass is 292 g/mol. The molecule has 7 N–H and O–H groups in total. The molecular weight excluding hydrogens is 268 g/mol. The van der Waals surface area contributed by atoms with Crippen LogP contribution in [0.3, 0.4) is 0 Å². The summed E-state index contributed by atoms with van der Waals surface area (Å²) in [5.41, 5.74) is 17.5. The van der Waals surface area contributed by atoms with E-state index in [2.05, 4.69) is 5.32 Å². The van der Waals surface area contributed by atoms with Crippen molar-refractivity contribution in [2.45, 2.75) is 37.8 Å². The third kappa shape index (κ3) is 6.37. The van der Waals surface area contributed by atoms with E-state index in [1.807, 2.05) is 30.3 Å². The minimum Gasteiger partial charge on any atom is -0.368 e. The second kappa shape index (κ2) is 9.10. The van der Waals surface area contributed by atoms with Crippen LogP contribution < -0.4 is 22.5 Å². The third-order valence-electron chi connectivity index (χ3n) is 3.24. The topological polar surface area (TPSA) is 124 Å². The molecule has 0 spiro atoms. The van der Waals surface area contributed by atoms with Gasteiger partial charge in [-0.25, -0.2) is 0 Å². The molecule has 6 heteroatoms. The van der Waals surface area contributed by atoms with Crippen molar-refractivity contribution in [2.24, 2.45) is 17.2 Å². The zero-order valence-electron chi connectivity index (χ0n) is 12.1. The highest BCUT2D eigenvalue weighted by Gasteiger charge is 2.21. The summed E-state index contributed by atoms with van der Waals surface area (Å²) in [6.07, 6.45) is 2.42. The van der Waals surface area contributed by atoms with Gasteiger partial charge in [0.1, 0.15) is 6.04 Å². The van der Waals surface area contributed by atoms with Gasteiger partial charge in [-0.15, -0.1) is 0 Å². The maximum Gasteiger partial charge on any atom is 0.240 e. The molecular formula is C15H24N4O2. The van der Waals surface area contributed by atoms with E-state index in [1.54, 1.807) is 0 Å². The highest BCUT2D eigenvalue weighted by Crippen LogP contribution is 2.04. The molecule has 0 saturated carbocycles. The number of benzene rings is 1. The highest BCUT2D eigenvalue weighted by molar-refractivity contribution is 5.89. The lowest BCUT2D eigenvalue weighted by atomic mass is 10.0. The van der Waals surface area contributed by atoms with E-state index < -0.39 is 18.0 Å². The van der Waals surface area contributed by atoms with Crippen molar-refractivity contribution >= 4 is 11.8 Å². The van der Waals surface area contributed by atoms with Crippen molar-refractivity contribution in [1.82, 2.24) is 5.32 Å². The molecule has 0 saturated heterocycles. The molecule has 1 aromatic carbocycles. The van der Waals surface area contributed by atoms with E-state index in [4.69, 9.17) is 17.2 Å². The molecule has 6 nitrogen and oxygen atoms in total. The Hall–Kier alpha value is -1.92. The van der Waals surface area contributed by atoms with Gasteiger partial charge in [0.25, 0.3) is 0 Å². The number of nitrogens with two attached hydrogens (primary N) is 3. The highest BCUT2D eigenvalue weighted by atomic mass is 16.2. The van der Waals surface area contributed by atoms with Crippen LogP contribution in [0.5, 0.6) is 0 Å². The van der Waals surface area contributed by atoms with Crippen molar-refractivity contribution < 1.29 is 9.59 Å². The minimum atomic E-state index is -0.705. The van der Waals surface area contributed by atoms with Gasteiger partial charge in [-0.3, -0.25) is 9.59 Å². The molecule has 116 valence electrons. The van der Waals surface area contributed by atoms with Gasteiger partial charge in [0, 0.05) is 0 Å². The van der Waals surface area contributed by atoms with Gasteiger partial charge in [-0.1, -0.05) is 30.3 Å². The van der Waals surface area contributed by atoms with Gasteiger partial charge in [0.2, 0.25) is 11.8 Å². The van der Waals surface area contributed by atoms with Crippen molar-refractivity contribution in [3.05, 3.63) is 35.9 Å². The van der Waals surface area contributed by atoms with Gasteiger partial charge in [-0.2, -0.15) is 0 Å². The summed E-state index contributed by atoms with van der Waals surface area (Å²) in [4.78, 5) is 23.4. The predicted molar refractivity (Wildman–Crippen MR) is 82.2 cm³/mol. The van der Waals surface area contributed by atoms with E-state index in [9.17, 15) is 9.59 Å². The molecule has 2 atom stereocenters. The number of amides is 2. The van der Waals surface area contributed by atoms with Gasteiger partial charge in [0.15, 0.2) is 0 Å². The number of carbonyl (C=O) groups excluding carboxylic acids is 2. The lowest BCUT2D eigenvalue weighted by molar-refractivity contribution is -0.128. The smallest absolute Gasteiger partial charge is 0.240 e. The molecule has 1 rings (SSSR count). The summed E-state index contributed by atoms with van der Waals surface area (Å²) in [6, 6.07) is 8.09. The Morgan fingerprint density at radius 2 is 1.81 bits per heavy atom. The molecule has 0 unspecified atom stereocenters. The van der Waals surface area contributed by atoms with Crippen LogP contribution in [0.15, 0.2) is 30.3 Å². The summed E-state index contributed by atoms with van der Waals surface area (Å²) in [5, 5.41) is 2.62. The van der Waals surface area contributed by atoms with Gasteiger partial charge in [0.05, 0.1) is 6.04 Å². The van der Waals surface area contributed by atoms with Crippen LogP contribution in [0.25, 0.3) is 0 Å². The number of primary amides is 1. The van der Waals surface area contributed by atoms with Gasteiger partial charge >= 0.3 is 0 Å². The molecule has 0 aliphatic heterocycles. The summed E-state index contributed by atoms with van der Waals surface area (Å²) in [5.74, 6) is -0.914. The summed E-state index contributed by atoms with van der Waals surface area (Å²) in [7, 11) is 0. The minimum absolute atomic E-state index is 0.365. The molecule has 0 aromatic heterocycles. The first-order chi connectivity index (χ1) is 10.0. The average Bonchev–Trinajstić information content (AvgIpc) is 2.47. The Labute approximate surface area is 125 Å². The number of hydrogen-bond acceptors (Lipinski definition) is 4. The second-order valence-corrected chi connectivity index (χ2v) is 5.04. The van der Waals surface area contributed by atoms with Crippen LogP contribution in [0.4, 0.5) is 0 Å². The van der Waals surface area contributed by atoms with E-state index in [0.29, 0.717) is 19.4 Å². The largest absolute Gasteiger partial charge is 0.368 e. The van der Waals surface area contributed by atoms with E-state index in [1.165, 1.54) is 0 Å².